The lowest BCUT2D eigenvalue weighted by Gasteiger charge is -2.04. The second-order valence-corrected chi connectivity index (χ2v) is 4.18. The zero-order valence-corrected chi connectivity index (χ0v) is 9.57. The summed E-state index contributed by atoms with van der Waals surface area (Å²) >= 11 is 5.88. The van der Waals surface area contributed by atoms with Crippen LogP contribution < -0.4 is 0 Å². The van der Waals surface area contributed by atoms with Crippen LogP contribution >= 0.6 is 11.6 Å². The first-order chi connectivity index (χ1) is 6.20. The summed E-state index contributed by atoms with van der Waals surface area (Å²) in [6.07, 6.45) is 6.86. The fourth-order valence-electron chi connectivity index (χ4n) is 1.24. The second kappa shape index (κ2) is 8.55. The number of carbonyl (C=O) groups excluding carboxylic acids is 1. The van der Waals surface area contributed by atoms with Gasteiger partial charge in [-0.25, -0.2) is 0 Å². The summed E-state index contributed by atoms with van der Waals surface area (Å²) in [5, 5.41) is 0.0543. The first-order valence-electron chi connectivity index (χ1n) is 5.36. The van der Waals surface area contributed by atoms with E-state index in [1.54, 1.807) is 0 Å². The minimum Gasteiger partial charge on any atom is -0.300 e. The molecule has 0 saturated carbocycles. The van der Waals surface area contributed by atoms with Crippen LogP contribution in [0.2, 0.25) is 0 Å². The van der Waals surface area contributed by atoms with Crippen molar-refractivity contribution >= 4 is 17.4 Å². The highest BCUT2D eigenvalue weighted by Gasteiger charge is 2.08. The number of Topliss-reactive ketones (excluding diaryl/α,β-unsaturated/α-hetero) is 1. The molecule has 0 aromatic carbocycles. The lowest BCUT2D eigenvalue weighted by molar-refractivity contribution is -0.119. The van der Waals surface area contributed by atoms with Gasteiger partial charge in [0.2, 0.25) is 0 Å². The lowest BCUT2D eigenvalue weighted by Crippen LogP contribution is -2.06. The number of hydrogen-bond acceptors (Lipinski definition) is 1. The molecule has 0 spiro atoms. The van der Waals surface area contributed by atoms with Crippen LogP contribution in [0.5, 0.6) is 0 Å². The Kier molecular flexibility index (Phi) is 8.53. The number of alkyl halides is 1. The molecule has 78 valence electrons. The predicted molar refractivity (Wildman–Crippen MR) is 58.3 cm³/mol. The average Bonchev–Trinajstić information content (AvgIpc) is 2.12. The summed E-state index contributed by atoms with van der Waals surface area (Å²) in [5.41, 5.74) is 0. The van der Waals surface area contributed by atoms with Crippen LogP contribution in [-0.4, -0.2) is 11.2 Å². The first-order valence-corrected chi connectivity index (χ1v) is 5.80. The summed E-state index contributed by atoms with van der Waals surface area (Å²) in [5.74, 6) is 0.331. The highest BCUT2D eigenvalue weighted by atomic mass is 35.5. The second-order valence-electron chi connectivity index (χ2n) is 3.56. The van der Waals surface area contributed by atoms with E-state index in [2.05, 4.69) is 6.92 Å². The zero-order chi connectivity index (χ0) is 10.1. The molecule has 1 unspecified atom stereocenters. The minimum atomic E-state index is 0.0543. The molecule has 1 atom stereocenters. The molecular weight excluding hydrogens is 184 g/mol. The van der Waals surface area contributed by atoms with E-state index < -0.39 is 0 Å². The van der Waals surface area contributed by atoms with E-state index in [1.807, 2.05) is 6.92 Å². The Bertz CT molecular complexity index is 134. The Morgan fingerprint density at radius 2 is 1.92 bits per heavy atom. The number of unbranched alkanes of at least 4 members (excludes halogenated alkanes) is 3. The molecule has 0 aliphatic carbocycles. The highest BCUT2D eigenvalue weighted by molar-refractivity contribution is 6.21. The molecule has 0 heterocycles. The van der Waals surface area contributed by atoms with Crippen molar-refractivity contribution in [3.63, 3.8) is 0 Å². The molecule has 0 aromatic rings. The summed E-state index contributed by atoms with van der Waals surface area (Å²) in [6.45, 7) is 4.19. The molecular formula is C11H21ClO. The van der Waals surface area contributed by atoms with E-state index in [0.29, 0.717) is 12.2 Å². The Balaban J connectivity index is 3.30. The Morgan fingerprint density at radius 3 is 2.46 bits per heavy atom. The Morgan fingerprint density at radius 1 is 1.23 bits per heavy atom. The monoisotopic (exact) mass is 204 g/mol. The third kappa shape index (κ3) is 8.29. The van der Waals surface area contributed by atoms with Gasteiger partial charge in [-0.2, -0.15) is 0 Å². The topological polar surface area (TPSA) is 17.1 Å². The van der Waals surface area contributed by atoms with Crippen LogP contribution in [0.15, 0.2) is 0 Å². The summed E-state index contributed by atoms with van der Waals surface area (Å²) in [4.78, 5) is 11.3. The fraction of sp³-hybridized carbons (Fsp3) is 0.909. The van der Waals surface area contributed by atoms with E-state index in [4.69, 9.17) is 11.6 Å². The molecule has 0 aliphatic rings. The quantitative estimate of drug-likeness (QED) is 0.433. The summed E-state index contributed by atoms with van der Waals surface area (Å²) < 4.78 is 0. The number of halogens is 1. The zero-order valence-electron chi connectivity index (χ0n) is 8.81. The van der Waals surface area contributed by atoms with Crippen molar-refractivity contribution in [3.8, 4) is 0 Å². The molecule has 0 rings (SSSR count). The number of carbonyl (C=O) groups is 1. The van der Waals surface area contributed by atoms with Crippen molar-refractivity contribution in [3.05, 3.63) is 0 Å². The van der Waals surface area contributed by atoms with E-state index in [1.165, 1.54) is 19.3 Å². The van der Waals surface area contributed by atoms with E-state index in [9.17, 15) is 4.79 Å². The Labute approximate surface area is 86.9 Å². The van der Waals surface area contributed by atoms with Gasteiger partial charge < -0.3 is 0 Å². The van der Waals surface area contributed by atoms with Gasteiger partial charge in [0.05, 0.1) is 0 Å². The normalized spacial score (nSPS) is 12.8. The largest absolute Gasteiger partial charge is 0.300 e. The smallest absolute Gasteiger partial charge is 0.134 e. The van der Waals surface area contributed by atoms with Gasteiger partial charge in [-0.15, -0.1) is 11.6 Å². The first kappa shape index (κ1) is 13.0. The van der Waals surface area contributed by atoms with Gasteiger partial charge in [-0.05, 0) is 12.8 Å². The van der Waals surface area contributed by atoms with Gasteiger partial charge in [0.15, 0.2) is 0 Å². The van der Waals surface area contributed by atoms with E-state index in [0.717, 1.165) is 19.3 Å². The van der Waals surface area contributed by atoms with Crippen LogP contribution in [0.25, 0.3) is 0 Å². The van der Waals surface area contributed by atoms with Gasteiger partial charge in [-0.3, -0.25) is 4.79 Å². The molecule has 0 radical (unpaired) electrons. The van der Waals surface area contributed by atoms with E-state index >= 15 is 0 Å². The molecule has 1 nitrogen and oxygen atoms in total. The molecule has 0 amide bonds. The molecule has 0 N–H and O–H groups in total. The van der Waals surface area contributed by atoms with Crippen LogP contribution in [0, 0.1) is 0 Å². The van der Waals surface area contributed by atoms with E-state index in [-0.39, 0.29) is 5.38 Å². The molecule has 0 bridgehead atoms. The standard InChI is InChI=1S/C11H21ClO/c1-3-5-6-7-8-11(13)9-10(12)4-2/h10H,3-9H2,1-2H3. The minimum absolute atomic E-state index is 0.0543. The lowest BCUT2D eigenvalue weighted by atomic mass is 10.1. The van der Waals surface area contributed by atoms with Crippen molar-refractivity contribution < 1.29 is 4.79 Å². The van der Waals surface area contributed by atoms with Crippen molar-refractivity contribution in [1.82, 2.24) is 0 Å². The number of ketones is 1. The third-order valence-electron chi connectivity index (χ3n) is 2.20. The maximum Gasteiger partial charge on any atom is 0.134 e. The SMILES string of the molecule is CCCCCCC(=O)CC(Cl)CC. The summed E-state index contributed by atoms with van der Waals surface area (Å²) in [6, 6.07) is 0. The Hall–Kier alpha value is -0.0400. The number of rotatable bonds is 8. The molecule has 0 aliphatic heterocycles. The van der Waals surface area contributed by atoms with Crippen LogP contribution in [0.1, 0.15) is 58.8 Å². The van der Waals surface area contributed by atoms with Gasteiger partial charge in [0, 0.05) is 18.2 Å². The highest BCUT2D eigenvalue weighted by Crippen LogP contribution is 2.11. The molecule has 0 saturated heterocycles. The average molecular weight is 205 g/mol. The van der Waals surface area contributed by atoms with Crippen LogP contribution in [0.3, 0.4) is 0 Å². The predicted octanol–water partition coefficient (Wildman–Crippen LogP) is 3.93. The van der Waals surface area contributed by atoms with Crippen molar-refractivity contribution in [2.45, 2.75) is 64.2 Å². The van der Waals surface area contributed by atoms with Crippen molar-refractivity contribution in [1.29, 1.82) is 0 Å². The number of hydrogen-bond donors (Lipinski definition) is 0. The van der Waals surface area contributed by atoms with Gasteiger partial charge in [-0.1, -0.05) is 33.1 Å². The van der Waals surface area contributed by atoms with Crippen molar-refractivity contribution in [2.75, 3.05) is 0 Å². The maximum atomic E-state index is 11.3. The van der Waals surface area contributed by atoms with Gasteiger partial charge in [0.25, 0.3) is 0 Å². The molecule has 0 fully saturated rings. The van der Waals surface area contributed by atoms with Gasteiger partial charge in [0.1, 0.15) is 5.78 Å². The molecule has 13 heavy (non-hydrogen) atoms. The molecule has 2 heteroatoms. The molecule has 0 aromatic heterocycles. The van der Waals surface area contributed by atoms with Crippen LogP contribution in [-0.2, 0) is 4.79 Å². The van der Waals surface area contributed by atoms with Crippen molar-refractivity contribution in [2.24, 2.45) is 0 Å². The maximum absolute atomic E-state index is 11.3. The van der Waals surface area contributed by atoms with Gasteiger partial charge >= 0.3 is 0 Å². The third-order valence-corrected chi connectivity index (χ3v) is 2.66. The summed E-state index contributed by atoms with van der Waals surface area (Å²) in [7, 11) is 0. The van der Waals surface area contributed by atoms with Crippen LogP contribution in [0.4, 0.5) is 0 Å². The fourth-order valence-corrected chi connectivity index (χ4v) is 1.41.